The molecule has 0 aromatic heterocycles. The second-order valence-electron chi connectivity index (χ2n) is 7.64. The Hall–Kier alpha value is -4.10. The van der Waals surface area contributed by atoms with Crippen molar-refractivity contribution in [1.82, 2.24) is 5.32 Å². The Labute approximate surface area is 206 Å². The van der Waals surface area contributed by atoms with E-state index in [9.17, 15) is 24.4 Å². The summed E-state index contributed by atoms with van der Waals surface area (Å²) in [6.07, 6.45) is 0. The number of ether oxygens (including phenoxy) is 2. The minimum absolute atomic E-state index is 0.0778. The van der Waals surface area contributed by atoms with Crippen LogP contribution in [0, 0.1) is 24.2 Å². The SMILES string of the molecule is COC(=O)c1ccc([C@@H]2C(C#N)=C(SCC(=O)Nc3ccc(C)cc3)NC(=O)[C@@H]2C(=O)OC)cc1. The zero-order valence-electron chi connectivity index (χ0n) is 19.3. The summed E-state index contributed by atoms with van der Waals surface area (Å²) < 4.78 is 9.51. The van der Waals surface area contributed by atoms with Crippen molar-refractivity contribution in [2.45, 2.75) is 12.8 Å². The van der Waals surface area contributed by atoms with Crippen LogP contribution in [-0.2, 0) is 23.9 Å². The third-order valence-electron chi connectivity index (χ3n) is 5.36. The molecule has 9 nitrogen and oxygen atoms in total. The minimum Gasteiger partial charge on any atom is -0.468 e. The first-order valence-corrected chi connectivity index (χ1v) is 11.5. The number of benzene rings is 2. The van der Waals surface area contributed by atoms with Gasteiger partial charge in [0.25, 0.3) is 0 Å². The lowest BCUT2D eigenvalue weighted by atomic mass is 9.78. The molecule has 0 spiro atoms. The van der Waals surface area contributed by atoms with E-state index < -0.39 is 29.7 Å². The predicted molar refractivity (Wildman–Crippen MR) is 129 cm³/mol. The Kier molecular flexibility index (Phi) is 8.28. The molecule has 0 unspecified atom stereocenters. The van der Waals surface area contributed by atoms with Crippen LogP contribution in [-0.4, -0.2) is 43.7 Å². The highest BCUT2D eigenvalue weighted by Crippen LogP contribution is 2.40. The van der Waals surface area contributed by atoms with Crippen LogP contribution in [0.5, 0.6) is 0 Å². The molecule has 0 radical (unpaired) electrons. The van der Waals surface area contributed by atoms with E-state index in [4.69, 9.17) is 9.47 Å². The molecule has 0 saturated carbocycles. The Bertz CT molecular complexity index is 1220. The highest BCUT2D eigenvalue weighted by Gasteiger charge is 2.44. The molecule has 0 bridgehead atoms. The summed E-state index contributed by atoms with van der Waals surface area (Å²) >= 11 is 0.983. The summed E-state index contributed by atoms with van der Waals surface area (Å²) in [5.41, 5.74) is 2.52. The predicted octanol–water partition coefficient (Wildman–Crippen LogP) is 2.89. The van der Waals surface area contributed by atoms with E-state index >= 15 is 0 Å². The van der Waals surface area contributed by atoms with Crippen LogP contribution in [0.25, 0.3) is 0 Å². The molecule has 1 heterocycles. The molecule has 2 atom stereocenters. The second kappa shape index (κ2) is 11.4. The first-order chi connectivity index (χ1) is 16.8. The van der Waals surface area contributed by atoms with E-state index in [2.05, 4.69) is 16.7 Å². The fourth-order valence-corrected chi connectivity index (χ4v) is 4.44. The van der Waals surface area contributed by atoms with Crippen molar-refractivity contribution >= 4 is 41.2 Å². The molecule has 1 aliphatic rings. The highest BCUT2D eigenvalue weighted by molar-refractivity contribution is 8.03. The number of nitrogens with zero attached hydrogens (tertiary/aromatic N) is 1. The fraction of sp³-hybridized carbons (Fsp3) is 0.240. The van der Waals surface area contributed by atoms with Crippen molar-refractivity contribution in [1.29, 1.82) is 5.26 Å². The van der Waals surface area contributed by atoms with Gasteiger partial charge in [0.2, 0.25) is 11.8 Å². The van der Waals surface area contributed by atoms with Gasteiger partial charge in [0.05, 0.1) is 42.2 Å². The maximum Gasteiger partial charge on any atom is 0.337 e. The standard InChI is InChI=1S/C25H23N3O6S/c1-14-4-10-17(11-5-14)27-19(29)13-35-23-18(12-26)20(21(22(30)28-23)25(32)34-3)15-6-8-16(9-7-15)24(31)33-2/h4-11,20-21H,13H2,1-3H3,(H,27,29)(H,28,30)/t20-,21-/m1/s1. The second-order valence-corrected chi connectivity index (χ2v) is 8.62. The largest absolute Gasteiger partial charge is 0.468 e. The molecule has 180 valence electrons. The Balaban J connectivity index is 1.90. The van der Waals surface area contributed by atoms with E-state index in [1.807, 2.05) is 19.1 Å². The summed E-state index contributed by atoms with van der Waals surface area (Å²) in [6.45, 7) is 1.93. The zero-order chi connectivity index (χ0) is 25.5. The van der Waals surface area contributed by atoms with Gasteiger partial charge >= 0.3 is 11.9 Å². The number of carbonyl (C=O) groups excluding carboxylic acids is 4. The number of carbonyl (C=O) groups is 4. The van der Waals surface area contributed by atoms with E-state index in [1.54, 1.807) is 24.3 Å². The lowest BCUT2D eigenvalue weighted by Crippen LogP contribution is -2.44. The number of nitrogens with one attached hydrogen (secondary N) is 2. The Morgan fingerprint density at radius 3 is 2.29 bits per heavy atom. The van der Waals surface area contributed by atoms with Gasteiger partial charge in [-0.25, -0.2) is 4.79 Å². The van der Waals surface area contributed by atoms with Crippen LogP contribution in [0.3, 0.4) is 0 Å². The average molecular weight is 494 g/mol. The zero-order valence-corrected chi connectivity index (χ0v) is 20.1. The number of thioether (sulfide) groups is 1. The Morgan fingerprint density at radius 1 is 1.06 bits per heavy atom. The van der Waals surface area contributed by atoms with Gasteiger partial charge in [0.1, 0.15) is 5.92 Å². The topological polar surface area (TPSA) is 135 Å². The number of esters is 2. The van der Waals surface area contributed by atoms with Crippen LogP contribution in [0.4, 0.5) is 5.69 Å². The summed E-state index contributed by atoms with van der Waals surface area (Å²) in [7, 11) is 2.41. The number of anilines is 1. The van der Waals surface area contributed by atoms with Crippen LogP contribution in [0.15, 0.2) is 59.1 Å². The van der Waals surface area contributed by atoms with Gasteiger partial charge in [0, 0.05) is 11.6 Å². The number of methoxy groups -OCH3 is 2. The van der Waals surface area contributed by atoms with Crippen molar-refractivity contribution in [2.24, 2.45) is 5.92 Å². The summed E-state index contributed by atoms with van der Waals surface area (Å²) in [5.74, 6) is -4.69. The molecule has 35 heavy (non-hydrogen) atoms. The smallest absolute Gasteiger partial charge is 0.337 e. The number of hydrogen-bond donors (Lipinski definition) is 2. The van der Waals surface area contributed by atoms with E-state index in [0.717, 1.165) is 24.4 Å². The summed E-state index contributed by atoms with van der Waals surface area (Å²) in [5, 5.41) is 15.5. The van der Waals surface area contributed by atoms with E-state index in [1.165, 1.54) is 19.2 Å². The van der Waals surface area contributed by atoms with Gasteiger partial charge in [-0.15, -0.1) is 0 Å². The molecule has 0 fully saturated rings. The highest BCUT2D eigenvalue weighted by atomic mass is 32.2. The van der Waals surface area contributed by atoms with Crippen LogP contribution < -0.4 is 10.6 Å². The van der Waals surface area contributed by atoms with Crippen molar-refractivity contribution in [3.05, 3.63) is 75.8 Å². The van der Waals surface area contributed by atoms with Gasteiger partial charge in [-0.3, -0.25) is 14.4 Å². The van der Waals surface area contributed by atoms with Crippen LogP contribution >= 0.6 is 11.8 Å². The summed E-state index contributed by atoms with van der Waals surface area (Å²) in [6, 6.07) is 15.4. The number of amides is 2. The lowest BCUT2D eigenvalue weighted by molar-refractivity contribution is -0.150. The molecular weight excluding hydrogens is 470 g/mol. The lowest BCUT2D eigenvalue weighted by Gasteiger charge is -2.31. The average Bonchev–Trinajstić information content (AvgIpc) is 2.87. The number of allylic oxidation sites excluding steroid dienone is 1. The molecule has 2 aromatic rings. The third kappa shape index (κ3) is 5.88. The fourth-order valence-electron chi connectivity index (χ4n) is 3.60. The van der Waals surface area contributed by atoms with Gasteiger partial charge in [-0.05, 0) is 36.8 Å². The third-order valence-corrected chi connectivity index (χ3v) is 6.37. The minimum atomic E-state index is -1.32. The molecule has 1 aliphatic heterocycles. The molecule has 2 amide bonds. The van der Waals surface area contributed by atoms with Gasteiger partial charge in [-0.1, -0.05) is 41.6 Å². The normalized spacial score (nSPS) is 17.1. The first kappa shape index (κ1) is 25.5. The van der Waals surface area contributed by atoms with Crippen molar-refractivity contribution in [3.8, 4) is 6.07 Å². The van der Waals surface area contributed by atoms with Crippen molar-refractivity contribution in [2.75, 3.05) is 25.3 Å². The van der Waals surface area contributed by atoms with Gasteiger partial charge in [-0.2, -0.15) is 5.26 Å². The van der Waals surface area contributed by atoms with Crippen LogP contribution in [0.1, 0.15) is 27.4 Å². The van der Waals surface area contributed by atoms with Crippen molar-refractivity contribution in [3.63, 3.8) is 0 Å². The van der Waals surface area contributed by atoms with E-state index in [-0.39, 0.29) is 27.8 Å². The number of nitriles is 1. The number of aryl methyl sites for hydroxylation is 1. The molecule has 3 rings (SSSR count). The quantitative estimate of drug-likeness (QED) is 0.444. The monoisotopic (exact) mass is 493 g/mol. The van der Waals surface area contributed by atoms with Crippen molar-refractivity contribution < 1.29 is 28.7 Å². The molecule has 2 N–H and O–H groups in total. The molecular formula is C25H23N3O6S. The maximum absolute atomic E-state index is 12.9. The number of rotatable bonds is 7. The van der Waals surface area contributed by atoms with Gasteiger partial charge < -0.3 is 20.1 Å². The number of hydrogen-bond acceptors (Lipinski definition) is 8. The molecule has 0 aliphatic carbocycles. The van der Waals surface area contributed by atoms with E-state index in [0.29, 0.717) is 11.3 Å². The maximum atomic E-state index is 12.9. The van der Waals surface area contributed by atoms with Gasteiger partial charge in [0.15, 0.2) is 0 Å². The molecule has 2 aromatic carbocycles. The van der Waals surface area contributed by atoms with Crippen LogP contribution in [0.2, 0.25) is 0 Å². The Morgan fingerprint density at radius 2 is 1.71 bits per heavy atom. The first-order valence-electron chi connectivity index (χ1n) is 10.5. The molecule has 0 saturated heterocycles. The molecule has 10 heteroatoms. The summed E-state index contributed by atoms with van der Waals surface area (Å²) in [4.78, 5) is 49.6.